The third kappa shape index (κ3) is 3.84. The molecule has 0 aliphatic carbocycles. The van der Waals surface area contributed by atoms with Gasteiger partial charge in [-0.15, -0.1) is 0 Å². The first-order chi connectivity index (χ1) is 14.8. The number of carbonyl (C=O) groups is 2. The monoisotopic (exact) mass is 434 g/mol. The smallest absolute Gasteiger partial charge is 0.282 e. The van der Waals surface area contributed by atoms with Crippen LogP contribution in [0.2, 0.25) is 5.02 Å². The lowest BCUT2D eigenvalue weighted by Crippen LogP contribution is -2.33. The van der Waals surface area contributed by atoms with Crippen molar-refractivity contribution in [3.63, 3.8) is 0 Å². The highest BCUT2D eigenvalue weighted by Crippen LogP contribution is 2.37. The minimum absolute atomic E-state index is 0.151. The van der Waals surface area contributed by atoms with E-state index in [0.717, 1.165) is 16.0 Å². The molecule has 0 spiro atoms. The lowest BCUT2D eigenvalue weighted by Gasteiger charge is -2.18. The van der Waals surface area contributed by atoms with Gasteiger partial charge >= 0.3 is 0 Å². The molecule has 0 unspecified atom stereocenters. The Bertz CT molecular complexity index is 1250. The molecule has 1 aliphatic heterocycles. The number of imide groups is 1. The van der Waals surface area contributed by atoms with Gasteiger partial charge in [0.25, 0.3) is 11.8 Å². The van der Waals surface area contributed by atoms with E-state index in [1.165, 1.54) is 24.3 Å². The van der Waals surface area contributed by atoms with Gasteiger partial charge in [0.15, 0.2) is 0 Å². The molecule has 1 N–H and O–H groups in total. The van der Waals surface area contributed by atoms with Crippen LogP contribution >= 0.6 is 11.6 Å². The highest BCUT2D eigenvalue weighted by Gasteiger charge is 2.41. The van der Waals surface area contributed by atoms with Gasteiger partial charge in [0.2, 0.25) is 0 Å². The Hall–Kier alpha value is -3.44. The molecule has 6 heteroatoms. The summed E-state index contributed by atoms with van der Waals surface area (Å²) in [6.07, 6.45) is 0. The topological polar surface area (TPSA) is 49.4 Å². The summed E-state index contributed by atoms with van der Waals surface area (Å²) in [5, 5.41) is 3.57. The van der Waals surface area contributed by atoms with E-state index in [0.29, 0.717) is 27.5 Å². The molecule has 2 amide bonds. The van der Waals surface area contributed by atoms with E-state index in [2.05, 4.69) is 5.32 Å². The molecule has 156 valence electrons. The van der Waals surface area contributed by atoms with Crippen LogP contribution in [0.1, 0.15) is 22.3 Å². The van der Waals surface area contributed by atoms with Crippen molar-refractivity contribution in [3.05, 3.63) is 99.5 Å². The summed E-state index contributed by atoms with van der Waals surface area (Å²) < 4.78 is 13.4. The lowest BCUT2D eigenvalue weighted by molar-refractivity contribution is -0.120. The van der Waals surface area contributed by atoms with Crippen LogP contribution in [0.5, 0.6) is 0 Å². The number of nitrogens with zero attached hydrogens (tertiary/aromatic N) is 1. The van der Waals surface area contributed by atoms with Gasteiger partial charge in [-0.25, -0.2) is 9.29 Å². The summed E-state index contributed by atoms with van der Waals surface area (Å²) in [6.45, 7) is 5.66. The Labute approximate surface area is 185 Å². The first-order valence-electron chi connectivity index (χ1n) is 9.75. The van der Waals surface area contributed by atoms with Crippen LogP contribution in [-0.4, -0.2) is 11.8 Å². The maximum Gasteiger partial charge on any atom is 0.282 e. The van der Waals surface area contributed by atoms with Crippen molar-refractivity contribution >= 4 is 40.4 Å². The van der Waals surface area contributed by atoms with Crippen LogP contribution in [0.15, 0.2) is 66.4 Å². The second kappa shape index (κ2) is 8.00. The van der Waals surface area contributed by atoms with Crippen molar-refractivity contribution in [2.75, 3.05) is 10.2 Å². The summed E-state index contributed by atoms with van der Waals surface area (Å²) in [7, 11) is 0. The normalized spacial score (nSPS) is 13.9. The van der Waals surface area contributed by atoms with Crippen molar-refractivity contribution in [2.24, 2.45) is 0 Å². The number of benzene rings is 3. The van der Waals surface area contributed by atoms with Crippen molar-refractivity contribution < 1.29 is 14.0 Å². The number of nitrogens with one attached hydrogen (secondary N) is 1. The molecule has 1 heterocycles. The molecular formula is C25H20ClFN2O2. The van der Waals surface area contributed by atoms with Crippen LogP contribution in [0.4, 0.5) is 15.8 Å². The van der Waals surface area contributed by atoms with Gasteiger partial charge in [-0.3, -0.25) is 9.59 Å². The van der Waals surface area contributed by atoms with Gasteiger partial charge in [0.05, 0.1) is 11.3 Å². The van der Waals surface area contributed by atoms with Crippen LogP contribution in [0, 0.1) is 26.6 Å². The standard InChI is InChI=1S/C25H20ClFN2O2/c1-14-4-10-20(15(2)12-14)22-23(28-19-8-6-18(27)7-9-19)25(31)29(24(22)30)21-11-5-17(26)13-16(21)3/h4-13,28H,1-3H3. The molecule has 0 bridgehead atoms. The number of halogens is 2. The summed E-state index contributed by atoms with van der Waals surface area (Å²) in [5.41, 5.74) is 4.72. The molecule has 0 saturated carbocycles. The van der Waals surface area contributed by atoms with Gasteiger partial charge in [0, 0.05) is 10.7 Å². The van der Waals surface area contributed by atoms with E-state index >= 15 is 0 Å². The quantitative estimate of drug-likeness (QED) is 0.528. The molecule has 31 heavy (non-hydrogen) atoms. The van der Waals surface area contributed by atoms with E-state index in [4.69, 9.17) is 11.6 Å². The number of hydrogen-bond acceptors (Lipinski definition) is 3. The number of carbonyl (C=O) groups excluding carboxylic acids is 2. The van der Waals surface area contributed by atoms with Gasteiger partial charge in [-0.2, -0.15) is 0 Å². The molecule has 0 atom stereocenters. The van der Waals surface area contributed by atoms with Crippen molar-refractivity contribution in [3.8, 4) is 0 Å². The molecule has 0 fully saturated rings. The zero-order chi connectivity index (χ0) is 22.3. The summed E-state index contributed by atoms with van der Waals surface area (Å²) >= 11 is 6.06. The Kier molecular flexibility index (Phi) is 5.38. The highest BCUT2D eigenvalue weighted by atomic mass is 35.5. The summed E-state index contributed by atoms with van der Waals surface area (Å²) in [4.78, 5) is 28.2. The molecule has 0 saturated heterocycles. The first kappa shape index (κ1) is 20.8. The zero-order valence-electron chi connectivity index (χ0n) is 17.3. The maximum atomic E-state index is 13.6. The number of hydrogen-bond donors (Lipinski definition) is 1. The minimum Gasteiger partial charge on any atom is -0.350 e. The Balaban J connectivity index is 1.87. The Morgan fingerprint density at radius 1 is 0.839 bits per heavy atom. The van der Waals surface area contributed by atoms with Crippen LogP contribution in [-0.2, 0) is 9.59 Å². The van der Waals surface area contributed by atoms with E-state index in [9.17, 15) is 14.0 Å². The Morgan fingerprint density at radius 3 is 2.19 bits per heavy atom. The molecule has 0 aromatic heterocycles. The van der Waals surface area contributed by atoms with Crippen molar-refractivity contribution in [1.29, 1.82) is 0 Å². The third-order valence-electron chi connectivity index (χ3n) is 5.25. The molecular weight excluding hydrogens is 415 g/mol. The average molecular weight is 435 g/mol. The van der Waals surface area contributed by atoms with Crippen molar-refractivity contribution in [2.45, 2.75) is 20.8 Å². The van der Waals surface area contributed by atoms with Gasteiger partial charge < -0.3 is 5.32 Å². The van der Waals surface area contributed by atoms with E-state index < -0.39 is 11.8 Å². The molecule has 1 aliphatic rings. The highest BCUT2D eigenvalue weighted by molar-refractivity contribution is 6.46. The van der Waals surface area contributed by atoms with Gasteiger partial charge in [-0.05, 0) is 79.9 Å². The number of rotatable bonds is 4. The predicted octanol–water partition coefficient (Wildman–Crippen LogP) is 5.80. The SMILES string of the molecule is Cc1ccc(C2=C(Nc3ccc(F)cc3)C(=O)N(c3ccc(Cl)cc3C)C2=O)c(C)c1. The third-order valence-corrected chi connectivity index (χ3v) is 5.48. The number of aryl methyl sites for hydroxylation is 3. The minimum atomic E-state index is -0.477. The van der Waals surface area contributed by atoms with Gasteiger partial charge in [-0.1, -0.05) is 35.4 Å². The van der Waals surface area contributed by atoms with Crippen LogP contribution < -0.4 is 10.2 Å². The van der Waals surface area contributed by atoms with E-state index in [1.807, 2.05) is 32.0 Å². The average Bonchev–Trinajstić information content (AvgIpc) is 2.94. The molecule has 3 aromatic rings. The maximum absolute atomic E-state index is 13.6. The van der Waals surface area contributed by atoms with Gasteiger partial charge in [0.1, 0.15) is 11.5 Å². The summed E-state index contributed by atoms with van der Waals surface area (Å²) in [5.74, 6) is -1.29. The fourth-order valence-electron chi connectivity index (χ4n) is 3.76. The number of anilines is 2. The first-order valence-corrected chi connectivity index (χ1v) is 10.1. The molecule has 4 rings (SSSR count). The van der Waals surface area contributed by atoms with Crippen molar-refractivity contribution in [1.82, 2.24) is 0 Å². The second-order valence-electron chi connectivity index (χ2n) is 7.58. The second-order valence-corrected chi connectivity index (χ2v) is 8.01. The summed E-state index contributed by atoms with van der Waals surface area (Å²) in [6, 6.07) is 16.4. The van der Waals surface area contributed by atoms with E-state index in [1.54, 1.807) is 25.1 Å². The fraction of sp³-hybridized carbons (Fsp3) is 0.120. The van der Waals surface area contributed by atoms with Crippen LogP contribution in [0.3, 0.4) is 0 Å². The molecule has 3 aromatic carbocycles. The Morgan fingerprint density at radius 2 is 1.55 bits per heavy atom. The lowest BCUT2D eigenvalue weighted by atomic mass is 9.97. The molecule has 0 radical (unpaired) electrons. The fourth-order valence-corrected chi connectivity index (χ4v) is 3.98. The predicted molar refractivity (Wildman–Crippen MR) is 122 cm³/mol. The van der Waals surface area contributed by atoms with Crippen LogP contribution in [0.25, 0.3) is 5.57 Å². The van der Waals surface area contributed by atoms with E-state index in [-0.39, 0.29) is 17.1 Å². The zero-order valence-corrected chi connectivity index (χ0v) is 18.0. The largest absolute Gasteiger partial charge is 0.350 e. The number of amides is 2. The molecule has 4 nitrogen and oxygen atoms in total.